The summed E-state index contributed by atoms with van der Waals surface area (Å²) in [7, 11) is 0. The van der Waals surface area contributed by atoms with Crippen molar-refractivity contribution in [2.75, 3.05) is 0 Å². The predicted molar refractivity (Wildman–Crippen MR) is 61.5 cm³/mol. The van der Waals surface area contributed by atoms with Gasteiger partial charge in [0.25, 0.3) is 0 Å². The molecule has 0 aliphatic rings. The first kappa shape index (κ1) is 12.2. The Morgan fingerprint density at radius 1 is 1.33 bits per heavy atom. The highest BCUT2D eigenvalue weighted by molar-refractivity contribution is 4.86. The van der Waals surface area contributed by atoms with E-state index in [9.17, 15) is 0 Å². The van der Waals surface area contributed by atoms with E-state index in [0.29, 0.717) is 6.04 Å². The van der Waals surface area contributed by atoms with Crippen LogP contribution in [0.25, 0.3) is 0 Å². The highest BCUT2D eigenvalue weighted by Crippen LogP contribution is 2.05. The Balaban J connectivity index is 2.39. The molecule has 2 N–H and O–H groups in total. The Labute approximate surface area is 91.9 Å². The van der Waals surface area contributed by atoms with Gasteiger partial charge in [-0.3, -0.25) is 4.68 Å². The largest absolute Gasteiger partial charge is 0.328 e. The Bertz CT molecular complexity index is 269. The first-order valence-electron chi connectivity index (χ1n) is 5.90. The number of hydrogen-bond donors (Lipinski definition) is 1. The summed E-state index contributed by atoms with van der Waals surface area (Å²) in [6.07, 6.45) is 6.94. The van der Waals surface area contributed by atoms with Gasteiger partial charge in [-0.25, -0.2) is 4.98 Å². The summed E-state index contributed by atoms with van der Waals surface area (Å²) >= 11 is 0. The van der Waals surface area contributed by atoms with Gasteiger partial charge in [-0.1, -0.05) is 20.3 Å². The second-order valence-corrected chi connectivity index (χ2v) is 3.99. The van der Waals surface area contributed by atoms with Crippen LogP contribution in [-0.2, 0) is 13.0 Å². The molecule has 1 unspecified atom stereocenters. The van der Waals surface area contributed by atoms with Crippen molar-refractivity contribution in [3.05, 3.63) is 12.2 Å². The number of aromatic nitrogens is 3. The van der Waals surface area contributed by atoms with Gasteiger partial charge in [-0.2, -0.15) is 5.10 Å². The molecule has 0 radical (unpaired) electrons. The number of hydrogen-bond acceptors (Lipinski definition) is 3. The van der Waals surface area contributed by atoms with E-state index in [1.165, 1.54) is 0 Å². The summed E-state index contributed by atoms with van der Waals surface area (Å²) in [6, 6.07) is 0.307. The second kappa shape index (κ2) is 6.56. The van der Waals surface area contributed by atoms with Gasteiger partial charge in [0.1, 0.15) is 12.2 Å². The van der Waals surface area contributed by atoms with Crippen molar-refractivity contribution in [1.82, 2.24) is 14.8 Å². The molecule has 0 fully saturated rings. The molecule has 86 valence electrons. The van der Waals surface area contributed by atoms with Crippen LogP contribution in [0.15, 0.2) is 6.33 Å². The molecular formula is C11H22N4. The van der Waals surface area contributed by atoms with E-state index in [1.807, 2.05) is 4.68 Å². The van der Waals surface area contributed by atoms with Gasteiger partial charge < -0.3 is 5.73 Å². The summed E-state index contributed by atoms with van der Waals surface area (Å²) in [5.74, 6) is 1.07. The van der Waals surface area contributed by atoms with Crippen LogP contribution in [-0.4, -0.2) is 20.8 Å². The van der Waals surface area contributed by atoms with E-state index in [4.69, 9.17) is 5.73 Å². The van der Waals surface area contributed by atoms with Crippen molar-refractivity contribution in [2.24, 2.45) is 5.73 Å². The minimum atomic E-state index is 0.307. The van der Waals surface area contributed by atoms with Crippen LogP contribution in [0.2, 0.25) is 0 Å². The minimum Gasteiger partial charge on any atom is -0.328 e. The van der Waals surface area contributed by atoms with Crippen molar-refractivity contribution in [3.8, 4) is 0 Å². The van der Waals surface area contributed by atoms with Crippen LogP contribution in [0, 0.1) is 0 Å². The predicted octanol–water partition coefficient (Wildman–Crippen LogP) is 1.75. The third kappa shape index (κ3) is 4.00. The second-order valence-electron chi connectivity index (χ2n) is 3.99. The van der Waals surface area contributed by atoms with Crippen LogP contribution in [0.3, 0.4) is 0 Å². The van der Waals surface area contributed by atoms with Crippen molar-refractivity contribution < 1.29 is 0 Å². The lowest BCUT2D eigenvalue weighted by Crippen LogP contribution is -2.21. The Kier molecular flexibility index (Phi) is 5.32. The maximum atomic E-state index is 5.97. The van der Waals surface area contributed by atoms with E-state index in [1.54, 1.807) is 6.33 Å². The van der Waals surface area contributed by atoms with E-state index in [0.717, 1.165) is 44.5 Å². The number of rotatable bonds is 7. The highest BCUT2D eigenvalue weighted by Gasteiger charge is 2.06. The lowest BCUT2D eigenvalue weighted by Gasteiger charge is -2.09. The number of nitrogens with two attached hydrogens (primary N) is 1. The molecule has 15 heavy (non-hydrogen) atoms. The van der Waals surface area contributed by atoms with Crippen LogP contribution in [0.5, 0.6) is 0 Å². The zero-order chi connectivity index (χ0) is 11.1. The Morgan fingerprint density at radius 2 is 2.13 bits per heavy atom. The van der Waals surface area contributed by atoms with Crippen molar-refractivity contribution in [2.45, 2.75) is 58.5 Å². The van der Waals surface area contributed by atoms with Crippen molar-refractivity contribution in [1.29, 1.82) is 0 Å². The van der Waals surface area contributed by atoms with E-state index < -0.39 is 0 Å². The van der Waals surface area contributed by atoms with Crippen molar-refractivity contribution in [3.63, 3.8) is 0 Å². The fourth-order valence-electron chi connectivity index (χ4n) is 1.71. The quantitative estimate of drug-likeness (QED) is 0.746. The highest BCUT2D eigenvalue weighted by atomic mass is 15.3. The monoisotopic (exact) mass is 210 g/mol. The molecule has 0 saturated heterocycles. The first-order valence-corrected chi connectivity index (χ1v) is 5.90. The smallest absolute Gasteiger partial charge is 0.138 e. The maximum Gasteiger partial charge on any atom is 0.138 e. The van der Waals surface area contributed by atoms with E-state index in [2.05, 4.69) is 23.9 Å². The molecule has 1 atom stereocenters. The normalized spacial score (nSPS) is 13.0. The summed E-state index contributed by atoms with van der Waals surface area (Å²) in [4.78, 5) is 4.26. The molecule has 0 aliphatic carbocycles. The van der Waals surface area contributed by atoms with Gasteiger partial charge in [-0.15, -0.1) is 0 Å². The molecule has 0 amide bonds. The minimum absolute atomic E-state index is 0.307. The molecule has 1 aromatic rings. The van der Waals surface area contributed by atoms with Gasteiger partial charge >= 0.3 is 0 Å². The SMILES string of the molecule is CCCC(N)CCc1ncnn1CCC. The lowest BCUT2D eigenvalue weighted by molar-refractivity contribution is 0.519. The molecule has 4 nitrogen and oxygen atoms in total. The molecule has 0 spiro atoms. The Morgan fingerprint density at radius 3 is 2.80 bits per heavy atom. The van der Waals surface area contributed by atoms with Crippen molar-refractivity contribution >= 4 is 0 Å². The third-order valence-electron chi connectivity index (χ3n) is 2.53. The summed E-state index contributed by atoms with van der Waals surface area (Å²) in [5.41, 5.74) is 5.97. The van der Waals surface area contributed by atoms with Gasteiger partial charge in [-0.05, 0) is 19.3 Å². The lowest BCUT2D eigenvalue weighted by atomic mass is 10.1. The fourth-order valence-corrected chi connectivity index (χ4v) is 1.71. The topological polar surface area (TPSA) is 56.7 Å². The maximum absolute atomic E-state index is 5.97. The zero-order valence-electron chi connectivity index (χ0n) is 9.82. The summed E-state index contributed by atoms with van der Waals surface area (Å²) in [5, 5.41) is 4.19. The molecule has 0 aromatic carbocycles. The third-order valence-corrected chi connectivity index (χ3v) is 2.53. The standard InChI is InChI=1S/C11H22N4/c1-3-5-10(12)6-7-11-13-9-14-15(11)8-4-2/h9-10H,3-8,12H2,1-2H3. The van der Waals surface area contributed by atoms with E-state index >= 15 is 0 Å². The van der Waals surface area contributed by atoms with Crippen LogP contribution < -0.4 is 5.73 Å². The Hall–Kier alpha value is -0.900. The fraction of sp³-hybridized carbons (Fsp3) is 0.818. The molecule has 0 aliphatic heterocycles. The molecule has 0 bridgehead atoms. The molecule has 1 rings (SSSR count). The average Bonchev–Trinajstić information content (AvgIpc) is 2.64. The van der Waals surface area contributed by atoms with Crippen LogP contribution in [0.4, 0.5) is 0 Å². The molecule has 4 heteroatoms. The van der Waals surface area contributed by atoms with Crippen LogP contribution in [0.1, 0.15) is 45.4 Å². The molecule has 0 saturated carbocycles. The van der Waals surface area contributed by atoms with E-state index in [-0.39, 0.29) is 0 Å². The number of aryl methyl sites for hydroxylation is 2. The van der Waals surface area contributed by atoms with Gasteiger partial charge in [0.05, 0.1) is 0 Å². The molecule has 1 aromatic heterocycles. The van der Waals surface area contributed by atoms with Crippen LogP contribution >= 0.6 is 0 Å². The molecule has 1 heterocycles. The first-order chi connectivity index (χ1) is 7.27. The van der Waals surface area contributed by atoms with Gasteiger partial charge in [0.15, 0.2) is 0 Å². The average molecular weight is 210 g/mol. The summed E-state index contributed by atoms with van der Waals surface area (Å²) < 4.78 is 1.98. The van der Waals surface area contributed by atoms with Gasteiger partial charge in [0, 0.05) is 19.0 Å². The van der Waals surface area contributed by atoms with Gasteiger partial charge in [0.2, 0.25) is 0 Å². The summed E-state index contributed by atoms with van der Waals surface area (Å²) in [6.45, 7) is 5.27. The number of nitrogens with zero attached hydrogens (tertiary/aromatic N) is 3. The zero-order valence-corrected chi connectivity index (χ0v) is 9.82. The molecular weight excluding hydrogens is 188 g/mol.